The summed E-state index contributed by atoms with van der Waals surface area (Å²) in [7, 11) is 0. The predicted molar refractivity (Wildman–Crippen MR) is 90.8 cm³/mol. The molecule has 0 saturated heterocycles. The van der Waals surface area contributed by atoms with Crippen LogP contribution < -0.4 is 10.1 Å². The Balaban J connectivity index is 1.78. The van der Waals surface area contributed by atoms with Gasteiger partial charge in [-0.25, -0.2) is 0 Å². The van der Waals surface area contributed by atoms with E-state index in [-0.39, 0.29) is 24.8 Å². The number of benzene rings is 2. The van der Waals surface area contributed by atoms with Gasteiger partial charge in [0.25, 0.3) is 5.91 Å². The molecule has 1 amide bonds. The Morgan fingerprint density at radius 3 is 2.38 bits per heavy atom. The molecule has 5 nitrogen and oxygen atoms in total. The largest absolute Gasteiger partial charge is 0.489 e. The molecule has 0 unspecified atom stereocenters. The molecule has 0 bridgehead atoms. The zero-order valence-corrected chi connectivity index (χ0v) is 13.7. The van der Waals surface area contributed by atoms with Crippen molar-refractivity contribution < 1.29 is 19.1 Å². The monoisotopic (exact) mass is 327 g/mol. The van der Waals surface area contributed by atoms with Gasteiger partial charge < -0.3 is 14.8 Å². The molecule has 24 heavy (non-hydrogen) atoms. The molecule has 2 rings (SSSR count). The van der Waals surface area contributed by atoms with Crippen molar-refractivity contribution in [2.45, 2.75) is 20.0 Å². The molecule has 0 heterocycles. The average molecular weight is 327 g/mol. The molecule has 0 aliphatic rings. The fraction of sp³-hybridized carbons (Fsp3) is 0.263. The van der Waals surface area contributed by atoms with Crippen LogP contribution >= 0.6 is 0 Å². The fourth-order valence-corrected chi connectivity index (χ4v) is 2.06. The Labute approximate surface area is 141 Å². The Bertz CT molecular complexity index is 653. The van der Waals surface area contributed by atoms with Crippen LogP contribution in [-0.2, 0) is 16.1 Å². The van der Waals surface area contributed by atoms with Crippen molar-refractivity contribution in [3.63, 3.8) is 0 Å². The van der Waals surface area contributed by atoms with E-state index < -0.39 is 0 Å². The van der Waals surface area contributed by atoms with Crippen LogP contribution in [0, 0.1) is 0 Å². The summed E-state index contributed by atoms with van der Waals surface area (Å²) < 4.78 is 10.5. The van der Waals surface area contributed by atoms with Gasteiger partial charge in [-0.05, 0) is 36.8 Å². The molecular formula is C19H21NO4. The summed E-state index contributed by atoms with van der Waals surface area (Å²) in [5.74, 6) is 0.151. The van der Waals surface area contributed by atoms with Gasteiger partial charge in [0.1, 0.15) is 12.4 Å². The smallest absolute Gasteiger partial charge is 0.307 e. The predicted octanol–water partition coefficient (Wildman–Crippen LogP) is 2.95. The van der Waals surface area contributed by atoms with Crippen LogP contribution in [0.2, 0.25) is 0 Å². The summed E-state index contributed by atoms with van der Waals surface area (Å²) in [5, 5.41) is 2.68. The molecule has 2 aromatic carbocycles. The van der Waals surface area contributed by atoms with Crippen molar-refractivity contribution in [1.29, 1.82) is 0 Å². The molecule has 0 aliphatic heterocycles. The standard InChI is InChI=1S/C19H21NO4/c1-2-23-18(21)12-13-20-19(22)16-8-10-17(11-9-16)24-14-15-6-4-3-5-7-15/h3-11H,2,12-14H2,1H3,(H,20,22). The van der Waals surface area contributed by atoms with E-state index in [9.17, 15) is 9.59 Å². The summed E-state index contributed by atoms with van der Waals surface area (Å²) in [5.41, 5.74) is 1.60. The lowest BCUT2D eigenvalue weighted by Crippen LogP contribution is -2.26. The number of carbonyl (C=O) groups is 2. The normalized spacial score (nSPS) is 10.0. The third-order valence-corrected chi connectivity index (χ3v) is 3.28. The van der Waals surface area contributed by atoms with Gasteiger partial charge in [-0.2, -0.15) is 0 Å². The maximum atomic E-state index is 12.0. The summed E-state index contributed by atoms with van der Waals surface area (Å²) in [6.07, 6.45) is 0.165. The Morgan fingerprint density at radius 2 is 1.71 bits per heavy atom. The molecule has 0 fully saturated rings. The second-order valence-electron chi connectivity index (χ2n) is 5.11. The summed E-state index contributed by atoms with van der Waals surface area (Å²) in [6.45, 7) is 2.82. The molecule has 0 aliphatic carbocycles. The second-order valence-corrected chi connectivity index (χ2v) is 5.11. The highest BCUT2D eigenvalue weighted by Crippen LogP contribution is 2.14. The molecule has 0 atom stereocenters. The van der Waals surface area contributed by atoms with Crippen molar-refractivity contribution in [1.82, 2.24) is 5.32 Å². The molecule has 126 valence electrons. The number of hydrogen-bond acceptors (Lipinski definition) is 4. The minimum absolute atomic E-state index is 0.165. The minimum Gasteiger partial charge on any atom is -0.489 e. The van der Waals surface area contributed by atoms with Crippen LogP contribution in [0.3, 0.4) is 0 Å². The van der Waals surface area contributed by atoms with Crippen molar-refractivity contribution >= 4 is 11.9 Å². The van der Waals surface area contributed by atoms with Crippen LogP contribution in [-0.4, -0.2) is 25.0 Å². The van der Waals surface area contributed by atoms with Crippen LogP contribution in [0.4, 0.5) is 0 Å². The van der Waals surface area contributed by atoms with Gasteiger partial charge in [-0.1, -0.05) is 30.3 Å². The minimum atomic E-state index is -0.317. The van der Waals surface area contributed by atoms with Crippen molar-refractivity contribution in [2.75, 3.05) is 13.2 Å². The molecule has 0 saturated carbocycles. The van der Waals surface area contributed by atoms with Gasteiger partial charge in [-0.15, -0.1) is 0 Å². The number of ether oxygens (including phenoxy) is 2. The highest BCUT2D eigenvalue weighted by molar-refractivity contribution is 5.94. The zero-order valence-electron chi connectivity index (χ0n) is 13.7. The van der Waals surface area contributed by atoms with E-state index in [2.05, 4.69) is 5.32 Å². The number of rotatable bonds is 8. The number of esters is 1. The molecule has 5 heteroatoms. The van der Waals surface area contributed by atoms with Gasteiger partial charge >= 0.3 is 5.97 Å². The average Bonchev–Trinajstić information content (AvgIpc) is 2.61. The quantitative estimate of drug-likeness (QED) is 0.757. The van der Waals surface area contributed by atoms with Crippen molar-refractivity contribution in [2.24, 2.45) is 0 Å². The highest BCUT2D eigenvalue weighted by atomic mass is 16.5. The number of carbonyl (C=O) groups excluding carboxylic acids is 2. The Kier molecular flexibility index (Phi) is 6.83. The number of nitrogens with one attached hydrogen (secondary N) is 1. The first-order valence-electron chi connectivity index (χ1n) is 7.89. The van der Waals surface area contributed by atoms with E-state index in [1.807, 2.05) is 30.3 Å². The van der Waals surface area contributed by atoms with Crippen molar-refractivity contribution in [3.8, 4) is 5.75 Å². The number of amides is 1. The van der Waals surface area contributed by atoms with Crippen LogP contribution in [0.5, 0.6) is 5.75 Å². The van der Waals surface area contributed by atoms with Gasteiger partial charge in [-0.3, -0.25) is 9.59 Å². The lowest BCUT2D eigenvalue weighted by molar-refractivity contribution is -0.142. The van der Waals surface area contributed by atoms with E-state index in [1.54, 1.807) is 31.2 Å². The molecule has 2 aromatic rings. The van der Waals surface area contributed by atoms with E-state index in [0.29, 0.717) is 24.5 Å². The van der Waals surface area contributed by atoms with Gasteiger partial charge in [0.05, 0.1) is 13.0 Å². The first kappa shape index (κ1) is 17.5. The SMILES string of the molecule is CCOC(=O)CCNC(=O)c1ccc(OCc2ccccc2)cc1. The Morgan fingerprint density at radius 1 is 1.00 bits per heavy atom. The lowest BCUT2D eigenvalue weighted by atomic mass is 10.2. The molecular weight excluding hydrogens is 306 g/mol. The van der Waals surface area contributed by atoms with E-state index in [0.717, 1.165) is 5.56 Å². The van der Waals surface area contributed by atoms with Crippen molar-refractivity contribution in [3.05, 3.63) is 65.7 Å². The molecule has 1 N–H and O–H groups in total. The molecule has 0 radical (unpaired) electrons. The zero-order chi connectivity index (χ0) is 17.2. The van der Waals surface area contributed by atoms with E-state index in [4.69, 9.17) is 9.47 Å². The first-order valence-corrected chi connectivity index (χ1v) is 7.89. The summed E-state index contributed by atoms with van der Waals surface area (Å²) in [4.78, 5) is 23.2. The van der Waals surface area contributed by atoms with Crippen LogP contribution in [0.1, 0.15) is 29.3 Å². The van der Waals surface area contributed by atoms with Gasteiger partial charge in [0.2, 0.25) is 0 Å². The maximum absolute atomic E-state index is 12.0. The third kappa shape index (κ3) is 5.76. The van der Waals surface area contributed by atoms with Crippen LogP contribution in [0.15, 0.2) is 54.6 Å². The first-order chi connectivity index (χ1) is 11.7. The molecule has 0 aromatic heterocycles. The summed E-state index contributed by atoms with van der Waals surface area (Å²) in [6, 6.07) is 16.8. The fourth-order valence-electron chi connectivity index (χ4n) is 2.06. The second kappa shape index (κ2) is 9.35. The topological polar surface area (TPSA) is 64.6 Å². The summed E-state index contributed by atoms with van der Waals surface area (Å²) >= 11 is 0. The maximum Gasteiger partial charge on any atom is 0.307 e. The van der Waals surface area contributed by atoms with Crippen LogP contribution in [0.25, 0.3) is 0 Å². The third-order valence-electron chi connectivity index (χ3n) is 3.28. The lowest BCUT2D eigenvalue weighted by Gasteiger charge is -2.08. The van der Waals surface area contributed by atoms with E-state index in [1.165, 1.54) is 0 Å². The van der Waals surface area contributed by atoms with Gasteiger partial charge in [0, 0.05) is 12.1 Å². The number of hydrogen-bond donors (Lipinski definition) is 1. The Hall–Kier alpha value is -2.82. The van der Waals surface area contributed by atoms with Gasteiger partial charge in [0.15, 0.2) is 0 Å². The molecule has 0 spiro atoms. The van der Waals surface area contributed by atoms with E-state index >= 15 is 0 Å². The highest BCUT2D eigenvalue weighted by Gasteiger charge is 2.07.